The first-order valence-electron chi connectivity index (χ1n) is 36.5. The molecule has 8 aliphatic rings. The third kappa shape index (κ3) is 22.3. The lowest BCUT2D eigenvalue weighted by molar-refractivity contribution is -0.408. The van der Waals surface area contributed by atoms with Crippen LogP contribution in [0.4, 0.5) is 0 Å². The largest absolute Gasteiger partial charge is 0.394 e. The van der Waals surface area contributed by atoms with E-state index in [9.17, 15) is 152 Å². The summed E-state index contributed by atoms with van der Waals surface area (Å²) in [5.41, 5.74) is 0. The molecular formula is C64H109N5O46. The minimum Gasteiger partial charge on any atom is -0.394 e. The highest BCUT2D eigenvalue weighted by atomic mass is 16.8. The molecule has 0 unspecified atom stereocenters. The van der Waals surface area contributed by atoms with Crippen LogP contribution in [0.3, 0.4) is 0 Å². The maximum Gasteiger partial charge on any atom is 0.217 e. The third-order valence-corrected chi connectivity index (χ3v) is 20.4. The van der Waals surface area contributed by atoms with Gasteiger partial charge in [-0.25, -0.2) is 0 Å². The molecule has 8 saturated heterocycles. The predicted molar refractivity (Wildman–Crippen MR) is 357 cm³/mol. The van der Waals surface area contributed by atoms with E-state index in [0.29, 0.717) is 0 Å². The number of amides is 5. The summed E-state index contributed by atoms with van der Waals surface area (Å²) in [7, 11) is 0. The zero-order valence-electron chi connectivity index (χ0n) is 62.2. The van der Waals surface area contributed by atoms with Crippen LogP contribution in [-0.4, -0.2) is 493 Å². The van der Waals surface area contributed by atoms with Crippen molar-refractivity contribution in [3.63, 3.8) is 0 Å². The van der Waals surface area contributed by atoms with E-state index in [2.05, 4.69) is 26.6 Å². The molecule has 0 aliphatic carbocycles. The van der Waals surface area contributed by atoms with Crippen LogP contribution in [0.15, 0.2) is 0 Å². The molecule has 0 aromatic rings. The van der Waals surface area contributed by atoms with Crippen molar-refractivity contribution < 1.29 is 227 Å². The molecule has 5 amide bonds. The number of ether oxygens (including phenoxy) is 16. The fraction of sp³-hybridized carbons (Fsp3) is 0.922. The average molecular weight is 1680 g/mol. The summed E-state index contributed by atoms with van der Waals surface area (Å²) < 4.78 is 97.6. The summed E-state index contributed by atoms with van der Waals surface area (Å²) in [6.07, 6.45) is -85.3. The summed E-state index contributed by atoms with van der Waals surface area (Å²) in [6, 6.07) is -9.58. The Bertz CT molecular complexity index is 3050. The monoisotopic (exact) mass is 1680 g/mol. The van der Waals surface area contributed by atoms with Gasteiger partial charge >= 0.3 is 0 Å². The van der Waals surface area contributed by atoms with Crippen LogP contribution in [0.5, 0.6) is 0 Å². The summed E-state index contributed by atoms with van der Waals surface area (Å²) in [5.74, 6) is -4.72. The van der Waals surface area contributed by atoms with E-state index < -0.39 is 365 Å². The van der Waals surface area contributed by atoms with Crippen molar-refractivity contribution in [2.45, 2.75) is 304 Å². The van der Waals surface area contributed by atoms with Crippen LogP contribution in [0.1, 0.15) is 34.6 Å². The van der Waals surface area contributed by atoms with Crippen LogP contribution in [0, 0.1) is 0 Å². The molecule has 666 valence electrons. The van der Waals surface area contributed by atoms with Gasteiger partial charge in [0, 0.05) is 34.6 Å². The lowest BCUT2D eigenvalue weighted by Crippen LogP contribution is -2.71. The molecule has 0 radical (unpaired) electrons. The summed E-state index contributed by atoms with van der Waals surface area (Å²) in [5, 5.41) is 291. The van der Waals surface area contributed by atoms with Gasteiger partial charge < -0.3 is 230 Å². The SMILES string of the molecule is CC(=O)N[C@@H]1[C@H](O[C@H]2[C@H](O[C@H]3O[C@H](CO)[C@@H](O)[C@H](O)[C@@H]3O[C@@H]3O[C@H](CO)[C@@H](O[C@@H]4O[C@H](CO)[C@H](O)[C@H](O)[C@H]4O)[C@H](O)[C@H]3NC(C)=O)[C@H](O)[C@@H](O[C@H]3[C@H](O)[C@@H](NC(C)=O)[C@H](O[C@@H]([C@H](O)[C@H](CO)NC(C)=O)[C@H](O)CO)O[C@@H]3CO)O[C@@H]2CO[C@H]2O[C@H](CO)[C@@H](O)[C@H](O)[C@@H]2O[C@@H]2O[C@H](CO)[C@@H](O)[C@H](O)[C@H]2NC(C)=O)O[C@H](CO)[C@@H](O)[C@@H]1O. The fourth-order valence-corrected chi connectivity index (χ4v) is 14.4. The first kappa shape index (κ1) is 96.2. The first-order chi connectivity index (χ1) is 54.4. The standard InChI is InChI=1S/C64H109N5O46/c1-16(79)65-21(6-70)35(85)50(22(84)7-71)109-59-33(68-19(4)82)43(93)52(29(14-78)106-59)111-62-49(99)54(113-64-56(47(97)40(90)27(12-76)105-64)115-60-34(69-20(5)83)44(94)51(28(13-77)107-60)110-61-48(98)45(95)38(88)25(10-74)103-61)53(112-57-31(66-17(2)80)41(91)36(86)23(8-72)101-57)30(108-62)15-100-63-55(46(96)39(89)26(11-75)104-63)114-58-32(67-18(3)81)42(92)37(87)24(9-73)102-58/h21-64,70-78,84-99H,6-15H2,1-5H3,(H,65,79)(H,66,80)(H,67,81)(H,68,82)(H,69,83)/t21-,22+,23+,24+,25+,26+,27+,28+,29+,30+,31-,32+,33+,34+,35+,36+,37+,38-,39+,40+,41+,42+,43+,44+,45-,46-,47-,48+,49-,50+,51+,52+,53+,54+,55-,56-,57-,58-,59-,60-,61-,62+,63-,64+/m0/s1. The second kappa shape index (κ2) is 43.0. The summed E-state index contributed by atoms with van der Waals surface area (Å²) >= 11 is 0. The summed E-state index contributed by atoms with van der Waals surface area (Å²) in [4.78, 5) is 64.0. The van der Waals surface area contributed by atoms with E-state index in [-0.39, 0.29) is 0 Å². The first-order valence-corrected chi connectivity index (χ1v) is 36.5. The molecule has 8 aliphatic heterocycles. The maximum atomic E-state index is 13.2. The number of carbonyl (C=O) groups excluding carboxylic acids is 5. The second-order valence-corrected chi connectivity index (χ2v) is 28.7. The van der Waals surface area contributed by atoms with E-state index in [4.69, 9.17) is 75.8 Å². The molecule has 0 aromatic heterocycles. The lowest BCUT2D eigenvalue weighted by Gasteiger charge is -2.52. The minimum atomic E-state index is -2.75. The topological polar surface area (TPSA) is 799 Å². The van der Waals surface area contributed by atoms with Gasteiger partial charge in [0.25, 0.3) is 0 Å². The van der Waals surface area contributed by atoms with Crippen molar-refractivity contribution in [1.82, 2.24) is 26.6 Å². The molecule has 8 fully saturated rings. The molecule has 0 aromatic carbocycles. The van der Waals surface area contributed by atoms with Gasteiger partial charge in [0.15, 0.2) is 50.3 Å². The smallest absolute Gasteiger partial charge is 0.217 e. The van der Waals surface area contributed by atoms with Gasteiger partial charge in [-0.15, -0.1) is 0 Å². The third-order valence-electron chi connectivity index (χ3n) is 20.4. The highest BCUT2D eigenvalue weighted by molar-refractivity contribution is 5.75. The molecule has 8 rings (SSSR count). The van der Waals surface area contributed by atoms with Crippen molar-refractivity contribution in [3.05, 3.63) is 0 Å². The molecule has 0 bridgehead atoms. The van der Waals surface area contributed by atoms with Crippen LogP contribution >= 0.6 is 0 Å². The highest BCUT2D eigenvalue weighted by Gasteiger charge is 2.61. The molecule has 0 spiro atoms. The maximum absolute atomic E-state index is 13.2. The quantitative estimate of drug-likeness (QED) is 0.0284. The van der Waals surface area contributed by atoms with Gasteiger partial charge in [-0.1, -0.05) is 0 Å². The van der Waals surface area contributed by atoms with E-state index in [0.717, 1.165) is 34.6 Å². The number of aliphatic hydroxyl groups is 25. The number of carbonyl (C=O) groups is 5. The minimum absolute atomic E-state index is 0.832. The van der Waals surface area contributed by atoms with Crippen LogP contribution in [-0.2, 0) is 99.8 Å². The fourth-order valence-electron chi connectivity index (χ4n) is 14.4. The van der Waals surface area contributed by atoms with Crippen molar-refractivity contribution >= 4 is 29.5 Å². The number of hydrogen-bond acceptors (Lipinski definition) is 46. The Morgan fingerprint density at radius 3 is 1.01 bits per heavy atom. The second-order valence-electron chi connectivity index (χ2n) is 28.7. The molecule has 51 heteroatoms. The molecular weight excluding hydrogens is 1570 g/mol. The van der Waals surface area contributed by atoms with E-state index in [1.807, 2.05) is 0 Å². The zero-order valence-corrected chi connectivity index (χ0v) is 62.2. The number of aliphatic hydroxyl groups excluding tert-OH is 25. The van der Waals surface area contributed by atoms with E-state index >= 15 is 0 Å². The number of hydrogen-bond donors (Lipinski definition) is 30. The average Bonchev–Trinajstić information content (AvgIpc) is 0.754. The Morgan fingerprint density at radius 1 is 0.296 bits per heavy atom. The Labute approximate surface area is 652 Å². The molecule has 0 saturated carbocycles. The zero-order chi connectivity index (χ0) is 85.2. The van der Waals surface area contributed by atoms with Crippen molar-refractivity contribution in [1.29, 1.82) is 0 Å². The molecule has 115 heavy (non-hydrogen) atoms. The van der Waals surface area contributed by atoms with Crippen molar-refractivity contribution in [3.8, 4) is 0 Å². The van der Waals surface area contributed by atoms with Crippen LogP contribution in [0.2, 0.25) is 0 Å². The Hall–Kier alpha value is -4.29. The highest BCUT2D eigenvalue weighted by Crippen LogP contribution is 2.41. The van der Waals surface area contributed by atoms with Gasteiger partial charge in [0.05, 0.1) is 72.1 Å². The Kier molecular flexibility index (Phi) is 35.9. The van der Waals surface area contributed by atoms with Crippen molar-refractivity contribution in [2.24, 2.45) is 0 Å². The van der Waals surface area contributed by atoms with Gasteiger partial charge in [-0.2, -0.15) is 0 Å². The van der Waals surface area contributed by atoms with Gasteiger partial charge in [0.2, 0.25) is 29.5 Å². The van der Waals surface area contributed by atoms with Crippen LogP contribution < -0.4 is 26.6 Å². The molecule has 30 N–H and O–H groups in total. The van der Waals surface area contributed by atoms with E-state index in [1.54, 1.807) is 0 Å². The Balaban J connectivity index is 1.28. The summed E-state index contributed by atoms with van der Waals surface area (Å²) in [6.45, 7) is -6.99. The predicted octanol–water partition coefficient (Wildman–Crippen LogP) is -20.3. The van der Waals surface area contributed by atoms with E-state index in [1.165, 1.54) is 0 Å². The van der Waals surface area contributed by atoms with Gasteiger partial charge in [-0.05, 0) is 0 Å². The number of nitrogens with one attached hydrogen (secondary N) is 5. The normalized spacial score (nSPS) is 45.0. The van der Waals surface area contributed by atoms with Crippen LogP contribution in [0.25, 0.3) is 0 Å². The van der Waals surface area contributed by atoms with Crippen molar-refractivity contribution in [2.75, 3.05) is 66.1 Å². The number of rotatable bonds is 34. The molecule has 44 atom stereocenters. The van der Waals surface area contributed by atoms with Gasteiger partial charge in [-0.3, -0.25) is 24.0 Å². The Morgan fingerprint density at radius 2 is 0.609 bits per heavy atom. The lowest BCUT2D eigenvalue weighted by atomic mass is 9.93. The molecule has 8 heterocycles. The van der Waals surface area contributed by atoms with Gasteiger partial charge in [0.1, 0.15) is 213 Å². The molecule has 51 nitrogen and oxygen atoms in total.